The smallest absolute Gasteiger partial charge is 0.164 e. The van der Waals surface area contributed by atoms with Crippen LogP contribution in [0.3, 0.4) is 0 Å². The van der Waals surface area contributed by atoms with Crippen LogP contribution in [0.2, 0.25) is 0 Å². The quantitative estimate of drug-likeness (QED) is 0.184. The predicted molar refractivity (Wildman–Crippen MR) is 220 cm³/mol. The van der Waals surface area contributed by atoms with Crippen LogP contribution in [-0.4, -0.2) is 15.0 Å². The lowest BCUT2D eigenvalue weighted by Gasteiger charge is -2.37. The van der Waals surface area contributed by atoms with Gasteiger partial charge in [0.1, 0.15) is 0 Å². The molecule has 0 saturated heterocycles. The Morgan fingerprint density at radius 3 is 1.35 bits per heavy atom. The zero-order valence-corrected chi connectivity index (χ0v) is 30.7. The van der Waals surface area contributed by atoms with Crippen LogP contribution in [0.4, 0.5) is 0 Å². The van der Waals surface area contributed by atoms with Gasteiger partial charge in [-0.1, -0.05) is 154 Å². The Morgan fingerprint density at radius 2 is 0.741 bits per heavy atom. The van der Waals surface area contributed by atoms with Gasteiger partial charge in [-0.3, -0.25) is 0 Å². The number of rotatable bonds is 4. The predicted octanol–water partition coefficient (Wildman–Crippen LogP) is 13.0. The fourth-order valence-corrected chi connectivity index (χ4v) is 10.8. The molecule has 4 aliphatic carbocycles. The summed E-state index contributed by atoms with van der Waals surface area (Å²) in [4.78, 5) is 15.0. The van der Waals surface area contributed by atoms with Crippen LogP contribution < -0.4 is 0 Å². The molecule has 3 heteroatoms. The van der Waals surface area contributed by atoms with Crippen molar-refractivity contribution in [2.24, 2.45) is 0 Å². The molecule has 3 nitrogen and oxygen atoms in total. The van der Waals surface area contributed by atoms with E-state index in [-0.39, 0.29) is 10.8 Å². The van der Waals surface area contributed by atoms with E-state index in [2.05, 4.69) is 103 Å². The van der Waals surface area contributed by atoms with Gasteiger partial charge >= 0.3 is 0 Å². The maximum absolute atomic E-state index is 5.05. The third-order valence-corrected chi connectivity index (χ3v) is 13.3. The molecule has 54 heavy (non-hydrogen) atoms. The molecule has 0 bridgehead atoms. The Bertz CT molecular complexity index is 2500. The van der Waals surface area contributed by atoms with Crippen molar-refractivity contribution >= 4 is 0 Å². The Balaban J connectivity index is 1.05. The van der Waals surface area contributed by atoms with E-state index in [1.807, 2.05) is 36.4 Å². The van der Waals surface area contributed by atoms with Gasteiger partial charge in [0.15, 0.2) is 17.5 Å². The van der Waals surface area contributed by atoms with E-state index in [1.54, 1.807) is 22.3 Å². The SMILES string of the molecule is c1ccc(-c2nc(-c3ccccc3)nc(-c3cccc(-c4ccc5c(c4)-c4cc6c(cc4C54CCCCC4)-c4ccccc4C64CCCCC4)c3)n2)cc1. The van der Waals surface area contributed by atoms with Gasteiger partial charge in [0, 0.05) is 27.5 Å². The van der Waals surface area contributed by atoms with Crippen LogP contribution >= 0.6 is 0 Å². The number of nitrogens with zero attached hydrogens (tertiary/aromatic N) is 3. The molecule has 0 aliphatic heterocycles. The average Bonchev–Trinajstić information content (AvgIpc) is 3.66. The molecule has 2 fully saturated rings. The van der Waals surface area contributed by atoms with Crippen molar-refractivity contribution in [1.29, 1.82) is 0 Å². The normalized spacial score (nSPS) is 17.2. The van der Waals surface area contributed by atoms with Gasteiger partial charge in [-0.15, -0.1) is 0 Å². The number of fused-ring (bicyclic) bond motifs is 10. The van der Waals surface area contributed by atoms with Crippen LogP contribution in [0, 0.1) is 0 Å². The van der Waals surface area contributed by atoms with Crippen molar-refractivity contribution in [3.63, 3.8) is 0 Å². The fourth-order valence-electron chi connectivity index (χ4n) is 10.8. The maximum Gasteiger partial charge on any atom is 0.164 e. The molecular weight excluding hydrogens is 655 g/mol. The Morgan fingerprint density at radius 1 is 0.296 bits per heavy atom. The molecule has 2 saturated carbocycles. The van der Waals surface area contributed by atoms with Gasteiger partial charge in [0.05, 0.1) is 0 Å². The monoisotopic (exact) mass is 697 g/mol. The van der Waals surface area contributed by atoms with Crippen molar-refractivity contribution in [1.82, 2.24) is 15.0 Å². The summed E-state index contributed by atoms with van der Waals surface area (Å²) >= 11 is 0. The standard InChI is InChI=1S/C51H43N3/c1-5-16-34(17-6-1)47-52-48(35-18-7-2-8-19-35)54-49(53-47)38-21-15-20-36(30-38)37-24-25-44-40(31-37)42-33-45-41(32-46(42)51(44)28-13-4-14-29-51)39-22-9-10-23-43(39)50(45)26-11-3-12-27-50/h1-2,5-10,15-25,30-33H,3-4,11-14,26-29H2. The average molecular weight is 698 g/mol. The second kappa shape index (κ2) is 12.5. The summed E-state index contributed by atoms with van der Waals surface area (Å²) in [5, 5.41) is 0. The molecule has 1 aromatic heterocycles. The fraction of sp³-hybridized carbons (Fsp3) is 0.235. The summed E-state index contributed by atoms with van der Waals surface area (Å²) in [7, 11) is 0. The number of aromatic nitrogens is 3. The van der Waals surface area contributed by atoms with Gasteiger partial charge in [-0.05, 0) is 106 Å². The summed E-state index contributed by atoms with van der Waals surface area (Å²) < 4.78 is 0. The molecule has 0 radical (unpaired) electrons. The second-order valence-electron chi connectivity index (χ2n) is 16.2. The highest BCUT2D eigenvalue weighted by Gasteiger charge is 2.48. The molecule has 1 heterocycles. The van der Waals surface area contributed by atoms with Crippen LogP contribution in [0.25, 0.3) is 67.5 Å². The lowest BCUT2D eigenvalue weighted by Crippen LogP contribution is -2.29. The van der Waals surface area contributed by atoms with E-state index in [9.17, 15) is 0 Å². The zero-order chi connectivity index (χ0) is 35.7. The van der Waals surface area contributed by atoms with Crippen LogP contribution in [-0.2, 0) is 10.8 Å². The molecule has 6 aromatic carbocycles. The summed E-state index contributed by atoms with van der Waals surface area (Å²) in [6.07, 6.45) is 12.9. The van der Waals surface area contributed by atoms with E-state index >= 15 is 0 Å². The molecule has 11 rings (SSSR count). The number of hydrogen-bond acceptors (Lipinski definition) is 3. The third-order valence-electron chi connectivity index (χ3n) is 13.3. The van der Waals surface area contributed by atoms with E-state index in [0.717, 1.165) is 16.7 Å². The van der Waals surface area contributed by atoms with Crippen LogP contribution in [0.1, 0.15) is 86.5 Å². The third kappa shape index (κ3) is 4.83. The summed E-state index contributed by atoms with van der Waals surface area (Å²) in [6, 6.07) is 51.4. The van der Waals surface area contributed by atoms with Crippen LogP contribution in [0.5, 0.6) is 0 Å². The highest BCUT2D eigenvalue weighted by molar-refractivity contribution is 5.91. The van der Waals surface area contributed by atoms with Gasteiger partial charge in [0.25, 0.3) is 0 Å². The highest BCUT2D eigenvalue weighted by Crippen LogP contribution is 2.62. The molecule has 0 amide bonds. The highest BCUT2D eigenvalue weighted by atomic mass is 15.0. The minimum absolute atomic E-state index is 0.0993. The van der Waals surface area contributed by atoms with Crippen molar-refractivity contribution in [2.45, 2.75) is 75.0 Å². The molecular formula is C51H43N3. The molecule has 262 valence electrons. The zero-order valence-electron chi connectivity index (χ0n) is 30.7. The molecule has 0 atom stereocenters. The molecule has 0 unspecified atom stereocenters. The molecule has 2 spiro atoms. The first kappa shape index (κ1) is 31.8. The minimum atomic E-state index is 0.0993. The van der Waals surface area contributed by atoms with Gasteiger partial charge < -0.3 is 0 Å². The summed E-state index contributed by atoms with van der Waals surface area (Å²) in [6.45, 7) is 0. The molecule has 0 N–H and O–H groups in total. The van der Waals surface area contributed by atoms with E-state index < -0.39 is 0 Å². The van der Waals surface area contributed by atoms with Crippen molar-refractivity contribution in [3.8, 4) is 67.5 Å². The number of benzene rings is 6. The lowest BCUT2D eigenvalue weighted by atomic mass is 9.66. The molecule has 4 aliphatic rings. The van der Waals surface area contributed by atoms with Gasteiger partial charge in [-0.2, -0.15) is 0 Å². The van der Waals surface area contributed by atoms with Gasteiger partial charge in [0.2, 0.25) is 0 Å². The van der Waals surface area contributed by atoms with Crippen molar-refractivity contribution in [3.05, 3.63) is 162 Å². The number of hydrogen-bond donors (Lipinski definition) is 0. The maximum atomic E-state index is 5.05. The first-order valence-corrected chi connectivity index (χ1v) is 20.1. The summed E-state index contributed by atoms with van der Waals surface area (Å²) in [5.74, 6) is 2.05. The largest absolute Gasteiger partial charge is 0.208 e. The Labute approximate surface area is 318 Å². The van der Waals surface area contributed by atoms with Gasteiger partial charge in [-0.25, -0.2) is 15.0 Å². The van der Waals surface area contributed by atoms with Crippen LogP contribution in [0.15, 0.2) is 140 Å². The van der Waals surface area contributed by atoms with E-state index in [1.165, 1.54) is 97.6 Å². The summed E-state index contributed by atoms with van der Waals surface area (Å²) in [5.41, 5.74) is 17.8. The minimum Gasteiger partial charge on any atom is -0.208 e. The van der Waals surface area contributed by atoms with E-state index in [0.29, 0.717) is 17.5 Å². The Hall–Kier alpha value is -5.67. The topological polar surface area (TPSA) is 38.7 Å². The Kier molecular flexibility index (Phi) is 7.34. The lowest BCUT2D eigenvalue weighted by molar-refractivity contribution is 0.350. The first-order chi connectivity index (χ1) is 26.7. The van der Waals surface area contributed by atoms with Crippen molar-refractivity contribution < 1.29 is 0 Å². The van der Waals surface area contributed by atoms with Crippen molar-refractivity contribution in [2.75, 3.05) is 0 Å². The van der Waals surface area contributed by atoms with E-state index in [4.69, 9.17) is 15.0 Å². The second-order valence-corrected chi connectivity index (χ2v) is 16.2. The molecule has 7 aromatic rings. The first-order valence-electron chi connectivity index (χ1n) is 20.1.